The lowest BCUT2D eigenvalue weighted by Crippen LogP contribution is -2.26. The monoisotopic (exact) mass is 856 g/mol. The van der Waals surface area contributed by atoms with Gasteiger partial charge in [0.05, 0.1) is 10.8 Å². The Morgan fingerprint density at radius 3 is 1.26 bits per heavy atom. The standard InChI is InChI=1S/2C25H14BrCl/c26-23-11-5-8-19-18-13-12-15(27)14-22(18)25(24(19)23)20-9-3-1-6-16(20)17-7-2-4-10-21(17)25;26-15-9-12-23-20(13-15)19-11-10-16(27)14-24(19)25(23)21-7-3-1-5-17(21)18-6-2-4-8-22(18)25/h2*1-14H. The summed E-state index contributed by atoms with van der Waals surface area (Å²) in [7, 11) is 0. The summed E-state index contributed by atoms with van der Waals surface area (Å²) >= 11 is 20.6. The Morgan fingerprint density at radius 1 is 0.315 bits per heavy atom. The molecule has 0 N–H and O–H groups in total. The average molecular weight is 859 g/mol. The van der Waals surface area contributed by atoms with E-state index < -0.39 is 0 Å². The Kier molecular flexibility index (Phi) is 7.21. The van der Waals surface area contributed by atoms with Crippen LogP contribution in [0.1, 0.15) is 44.5 Å². The van der Waals surface area contributed by atoms with E-state index in [0.717, 1.165) is 19.0 Å². The molecule has 54 heavy (non-hydrogen) atoms. The number of hydrogen-bond acceptors (Lipinski definition) is 0. The number of halogens is 4. The Morgan fingerprint density at radius 2 is 0.722 bits per heavy atom. The molecule has 4 aliphatic carbocycles. The van der Waals surface area contributed by atoms with Crippen LogP contribution in [0.4, 0.5) is 0 Å². The summed E-state index contributed by atoms with van der Waals surface area (Å²) < 4.78 is 2.23. The van der Waals surface area contributed by atoms with Gasteiger partial charge in [-0.3, -0.25) is 0 Å². The van der Waals surface area contributed by atoms with Crippen LogP contribution in [0.25, 0.3) is 44.5 Å². The first-order chi connectivity index (χ1) is 26.4. The molecule has 0 unspecified atom stereocenters. The molecule has 256 valence electrons. The van der Waals surface area contributed by atoms with Crippen LogP contribution in [0.3, 0.4) is 0 Å². The summed E-state index contributed by atoms with van der Waals surface area (Å²) in [4.78, 5) is 0. The predicted octanol–water partition coefficient (Wildman–Crippen LogP) is 14.9. The molecule has 0 amide bonds. The van der Waals surface area contributed by atoms with E-state index in [0.29, 0.717) is 0 Å². The van der Waals surface area contributed by atoms with Crippen LogP contribution in [-0.2, 0) is 10.8 Å². The molecule has 0 radical (unpaired) electrons. The summed E-state index contributed by atoms with van der Waals surface area (Å²) in [6, 6.07) is 60.9. The second-order valence-electron chi connectivity index (χ2n) is 14.4. The van der Waals surface area contributed by atoms with Crippen molar-refractivity contribution in [3.8, 4) is 44.5 Å². The second-order valence-corrected chi connectivity index (χ2v) is 17.1. The van der Waals surface area contributed by atoms with Crippen LogP contribution in [0.15, 0.2) is 179 Å². The van der Waals surface area contributed by atoms with Gasteiger partial charge in [0, 0.05) is 19.0 Å². The number of rotatable bonds is 0. The fraction of sp³-hybridized carbons (Fsp3) is 0.0400. The molecule has 12 rings (SSSR count). The molecule has 4 aliphatic rings. The molecule has 0 aliphatic heterocycles. The molecule has 8 aromatic rings. The highest BCUT2D eigenvalue weighted by Gasteiger charge is 2.53. The molecule has 2 spiro atoms. The van der Waals surface area contributed by atoms with Gasteiger partial charge in [-0.1, -0.05) is 182 Å². The smallest absolute Gasteiger partial charge is 0.0737 e. The second kappa shape index (κ2) is 11.9. The fourth-order valence-corrected chi connectivity index (χ4v) is 11.6. The van der Waals surface area contributed by atoms with E-state index in [-0.39, 0.29) is 10.8 Å². The highest BCUT2D eigenvalue weighted by molar-refractivity contribution is 9.10. The van der Waals surface area contributed by atoms with Crippen molar-refractivity contribution in [1.82, 2.24) is 0 Å². The number of fused-ring (bicyclic) bond motifs is 20. The summed E-state index contributed by atoms with van der Waals surface area (Å²) in [5, 5.41) is 1.56. The molecule has 0 atom stereocenters. The maximum atomic E-state index is 6.51. The minimum Gasteiger partial charge on any atom is -0.0843 e. The molecule has 0 aromatic heterocycles. The highest BCUT2D eigenvalue weighted by atomic mass is 79.9. The van der Waals surface area contributed by atoms with Crippen molar-refractivity contribution in [3.63, 3.8) is 0 Å². The van der Waals surface area contributed by atoms with E-state index in [1.165, 1.54) is 89.0 Å². The summed E-state index contributed by atoms with van der Waals surface area (Å²) in [5.74, 6) is 0. The van der Waals surface area contributed by atoms with Crippen molar-refractivity contribution in [2.75, 3.05) is 0 Å². The Hall–Kier alpha value is -4.70. The predicted molar refractivity (Wildman–Crippen MR) is 231 cm³/mol. The SMILES string of the molecule is Clc1ccc2c(c1)C1(c3ccccc3-c3ccccc31)c1c(Br)cccc1-2.Clc1ccc2c(c1)C1(c3ccccc3-c3ccccc31)c1ccc(Br)cc1-2. The third-order valence-corrected chi connectivity index (χ3v) is 13.7. The Bertz CT molecular complexity index is 2810. The van der Waals surface area contributed by atoms with Crippen LogP contribution < -0.4 is 0 Å². The van der Waals surface area contributed by atoms with Gasteiger partial charge in [-0.2, -0.15) is 0 Å². The van der Waals surface area contributed by atoms with Gasteiger partial charge in [0.1, 0.15) is 0 Å². The zero-order valence-electron chi connectivity index (χ0n) is 28.7. The van der Waals surface area contributed by atoms with Crippen LogP contribution in [-0.4, -0.2) is 0 Å². The lowest BCUT2D eigenvalue weighted by Gasteiger charge is -2.31. The van der Waals surface area contributed by atoms with Gasteiger partial charge in [-0.05, 0) is 131 Å². The first kappa shape index (κ1) is 32.7. The van der Waals surface area contributed by atoms with Gasteiger partial charge in [0.2, 0.25) is 0 Å². The van der Waals surface area contributed by atoms with Gasteiger partial charge in [-0.15, -0.1) is 0 Å². The third-order valence-electron chi connectivity index (χ3n) is 12.0. The summed E-state index contributed by atoms with van der Waals surface area (Å²) in [5.41, 5.74) is 20.3. The van der Waals surface area contributed by atoms with E-state index in [2.05, 4.69) is 190 Å². The number of benzene rings is 8. The molecule has 4 heteroatoms. The van der Waals surface area contributed by atoms with Gasteiger partial charge in [0.15, 0.2) is 0 Å². The van der Waals surface area contributed by atoms with Crippen LogP contribution >= 0.6 is 55.1 Å². The van der Waals surface area contributed by atoms with Crippen molar-refractivity contribution >= 4 is 55.1 Å². The first-order valence-corrected chi connectivity index (χ1v) is 20.4. The van der Waals surface area contributed by atoms with E-state index in [1.54, 1.807) is 0 Å². The Balaban J connectivity index is 0.000000126. The summed E-state index contributed by atoms with van der Waals surface area (Å²) in [6.07, 6.45) is 0. The molecular weight excluding hydrogens is 831 g/mol. The molecule has 0 saturated carbocycles. The van der Waals surface area contributed by atoms with E-state index in [9.17, 15) is 0 Å². The van der Waals surface area contributed by atoms with E-state index >= 15 is 0 Å². The maximum absolute atomic E-state index is 6.51. The zero-order valence-corrected chi connectivity index (χ0v) is 33.4. The molecular formula is C50H28Br2Cl2. The quantitative estimate of drug-likeness (QED) is 0.143. The molecule has 0 nitrogen and oxygen atoms in total. The minimum absolute atomic E-state index is 0.302. The molecule has 8 aromatic carbocycles. The van der Waals surface area contributed by atoms with Crippen molar-refractivity contribution in [1.29, 1.82) is 0 Å². The highest BCUT2D eigenvalue weighted by Crippen LogP contribution is 2.65. The maximum Gasteiger partial charge on any atom is 0.0737 e. The summed E-state index contributed by atoms with van der Waals surface area (Å²) in [6.45, 7) is 0. The van der Waals surface area contributed by atoms with Gasteiger partial charge in [0.25, 0.3) is 0 Å². The fourth-order valence-electron chi connectivity index (χ4n) is 10.2. The average Bonchev–Trinajstić information content (AvgIpc) is 3.87. The molecule has 0 bridgehead atoms. The molecule has 0 fully saturated rings. The normalized spacial score (nSPS) is 14.6. The van der Waals surface area contributed by atoms with Crippen LogP contribution in [0, 0.1) is 0 Å². The lowest BCUT2D eigenvalue weighted by atomic mass is 9.70. The van der Waals surface area contributed by atoms with Crippen molar-refractivity contribution < 1.29 is 0 Å². The number of hydrogen-bond donors (Lipinski definition) is 0. The van der Waals surface area contributed by atoms with Crippen LogP contribution in [0.5, 0.6) is 0 Å². The van der Waals surface area contributed by atoms with E-state index in [4.69, 9.17) is 23.2 Å². The zero-order chi connectivity index (χ0) is 36.3. The molecule has 0 saturated heterocycles. The van der Waals surface area contributed by atoms with Gasteiger partial charge in [-0.25, -0.2) is 0 Å². The van der Waals surface area contributed by atoms with E-state index in [1.807, 2.05) is 12.1 Å². The van der Waals surface area contributed by atoms with Crippen molar-refractivity contribution in [3.05, 3.63) is 233 Å². The first-order valence-electron chi connectivity index (χ1n) is 18.0. The van der Waals surface area contributed by atoms with Gasteiger partial charge >= 0.3 is 0 Å². The Labute approximate surface area is 341 Å². The van der Waals surface area contributed by atoms with Crippen molar-refractivity contribution in [2.24, 2.45) is 0 Å². The topological polar surface area (TPSA) is 0 Å². The largest absolute Gasteiger partial charge is 0.0843 e. The minimum atomic E-state index is -0.331. The lowest BCUT2D eigenvalue weighted by molar-refractivity contribution is 0.789. The van der Waals surface area contributed by atoms with Crippen molar-refractivity contribution in [2.45, 2.75) is 10.8 Å². The van der Waals surface area contributed by atoms with Gasteiger partial charge < -0.3 is 0 Å². The van der Waals surface area contributed by atoms with Crippen LogP contribution in [0.2, 0.25) is 10.0 Å². The molecule has 0 heterocycles. The third kappa shape index (κ3) is 4.15.